The average molecular weight is 389 g/mol. The number of hydrogen-bond donors (Lipinski definition) is 1. The van der Waals surface area contributed by atoms with Crippen molar-refractivity contribution in [3.63, 3.8) is 0 Å². The maximum atomic E-state index is 12.0. The lowest BCUT2D eigenvalue weighted by Crippen LogP contribution is -2.44. The van der Waals surface area contributed by atoms with Gasteiger partial charge in [-0.2, -0.15) is 0 Å². The van der Waals surface area contributed by atoms with Gasteiger partial charge in [-0.3, -0.25) is 0 Å². The number of carbonyl (C=O) groups is 1. The first-order valence-electron chi connectivity index (χ1n) is 9.91. The molecule has 2 fully saturated rings. The van der Waals surface area contributed by atoms with E-state index in [0.717, 1.165) is 24.1 Å². The molecule has 7 heteroatoms. The monoisotopic (exact) mass is 389 g/mol. The van der Waals surface area contributed by atoms with Gasteiger partial charge in [-0.1, -0.05) is 12.1 Å². The minimum atomic E-state index is -0.510. The van der Waals surface area contributed by atoms with E-state index in [9.17, 15) is 4.79 Å². The Kier molecular flexibility index (Phi) is 5.22. The van der Waals surface area contributed by atoms with Crippen LogP contribution in [0.15, 0.2) is 24.3 Å². The molecule has 0 spiro atoms. The standard InChI is InChI=1S/C21H32BNO5/c1-18(2,3)26-17(24)23-21(12-13-21)14-25-16-10-8-15(9-11-16)22-27-19(4,5)20(6,7)28-22/h8-11H,12-14H2,1-7H3,(H,23,24). The summed E-state index contributed by atoms with van der Waals surface area (Å²) in [6.45, 7) is 14.1. The van der Waals surface area contributed by atoms with E-state index < -0.39 is 11.7 Å². The van der Waals surface area contributed by atoms with Crippen LogP contribution in [0.1, 0.15) is 61.3 Å². The van der Waals surface area contributed by atoms with Crippen LogP contribution in [0.5, 0.6) is 5.75 Å². The second-order valence-corrected chi connectivity index (χ2v) is 9.85. The van der Waals surface area contributed by atoms with Gasteiger partial charge in [0.25, 0.3) is 0 Å². The number of hydrogen-bond acceptors (Lipinski definition) is 5. The Hall–Kier alpha value is -1.73. The summed E-state index contributed by atoms with van der Waals surface area (Å²) in [5, 5.41) is 2.94. The smallest absolute Gasteiger partial charge is 0.491 e. The van der Waals surface area contributed by atoms with Crippen molar-refractivity contribution < 1.29 is 23.6 Å². The zero-order valence-corrected chi connectivity index (χ0v) is 18.0. The Morgan fingerprint density at radius 2 is 1.61 bits per heavy atom. The van der Waals surface area contributed by atoms with Crippen LogP contribution in [0.2, 0.25) is 0 Å². The van der Waals surface area contributed by atoms with Crippen LogP contribution in [0.4, 0.5) is 4.79 Å². The summed E-state index contributed by atoms with van der Waals surface area (Å²) in [6, 6.07) is 7.73. The molecule has 1 saturated heterocycles. The Morgan fingerprint density at radius 3 is 2.07 bits per heavy atom. The summed E-state index contributed by atoms with van der Waals surface area (Å²) >= 11 is 0. The molecule has 1 N–H and O–H groups in total. The molecule has 1 heterocycles. The minimum Gasteiger partial charge on any atom is -0.491 e. The van der Waals surface area contributed by atoms with Gasteiger partial charge in [0.1, 0.15) is 18.0 Å². The number of ether oxygens (including phenoxy) is 2. The van der Waals surface area contributed by atoms with E-state index in [0.29, 0.717) is 6.61 Å². The van der Waals surface area contributed by atoms with E-state index in [4.69, 9.17) is 18.8 Å². The predicted octanol–water partition coefficient (Wildman–Crippen LogP) is 3.42. The fraction of sp³-hybridized carbons (Fsp3) is 0.667. The maximum absolute atomic E-state index is 12.0. The largest absolute Gasteiger partial charge is 0.494 e. The molecular weight excluding hydrogens is 357 g/mol. The van der Waals surface area contributed by atoms with Gasteiger partial charge >= 0.3 is 13.2 Å². The van der Waals surface area contributed by atoms with Gasteiger partial charge < -0.3 is 24.1 Å². The molecule has 1 aliphatic carbocycles. The number of carbonyl (C=O) groups excluding carboxylic acids is 1. The molecule has 6 nitrogen and oxygen atoms in total. The Labute approximate surface area is 168 Å². The third kappa shape index (κ3) is 4.81. The van der Waals surface area contributed by atoms with Crippen LogP contribution in [-0.4, -0.2) is 42.2 Å². The average Bonchev–Trinajstić information content (AvgIpc) is 3.25. The summed E-state index contributed by atoms with van der Waals surface area (Å²) < 4.78 is 23.4. The third-order valence-corrected chi connectivity index (χ3v) is 5.54. The van der Waals surface area contributed by atoms with Gasteiger partial charge in [0.2, 0.25) is 0 Å². The van der Waals surface area contributed by atoms with Gasteiger partial charge in [-0.15, -0.1) is 0 Å². The summed E-state index contributed by atoms with van der Waals surface area (Å²) in [5.41, 5.74) is -0.604. The summed E-state index contributed by atoms with van der Waals surface area (Å²) in [6.07, 6.45) is 1.38. The number of benzene rings is 1. The molecular formula is C21H32BNO5. The van der Waals surface area contributed by atoms with Crippen molar-refractivity contribution in [3.05, 3.63) is 24.3 Å². The number of nitrogens with one attached hydrogen (secondary N) is 1. The van der Waals surface area contributed by atoms with Crippen LogP contribution in [0.3, 0.4) is 0 Å². The van der Waals surface area contributed by atoms with Crippen molar-refractivity contribution in [2.45, 2.75) is 83.6 Å². The third-order valence-electron chi connectivity index (χ3n) is 5.54. The topological polar surface area (TPSA) is 66.0 Å². The quantitative estimate of drug-likeness (QED) is 0.782. The SMILES string of the molecule is CC(C)(C)OC(=O)NC1(COc2ccc(B3OC(C)(C)C(C)(C)O3)cc2)CC1. The van der Waals surface area contributed by atoms with Crippen molar-refractivity contribution >= 4 is 18.7 Å². The van der Waals surface area contributed by atoms with Gasteiger partial charge in [0.05, 0.1) is 16.7 Å². The molecule has 1 aliphatic heterocycles. The molecule has 0 bridgehead atoms. The van der Waals surface area contributed by atoms with E-state index in [1.165, 1.54) is 0 Å². The highest BCUT2D eigenvalue weighted by atomic mass is 16.7. The molecule has 0 aromatic heterocycles. The zero-order valence-electron chi connectivity index (χ0n) is 18.0. The fourth-order valence-electron chi connectivity index (χ4n) is 2.90. The summed E-state index contributed by atoms with van der Waals surface area (Å²) in [5.74, 6) is 0.748. The normalized spacial score (nSPS) is 21.9. The van der Waals surface area contributed by atoms with E-state index >= 15 is 0 Å². The summed E-state index contributed by atoms with van der Waals surface area (Å²) in [4.78, 5) is 12.0. The second-order valence-electron chi connectivity index (χ2n) is 9.85. The van der Waals surface area contributed by atoms with Crippen LogP contribution in [0, 0.1) is 0 Å². The maximum Gasteiger partial charge on any atom is 0.494 e. The molecule has 3 rings (SSSR count). The first kappa shape index (κ1) is 21.0. The molecule has 1 amide bonds. The van der Waals surface area contributed by atoms with Gasteiger partial charge in [0.15, 0.2) is 0 Å². The van der Waals surface area contributed by atoms with Crippen molar-refractivity contribution in [2.75, 3.05) is 6.61 Å². The first-order chi connectivity index (χ1) is 12.8. The van der Waals surface area contributed by atoms with Crippen LogP contribution >= 0.6 is 0 Å². The van der Waals surface area contributed by atoms with Crippen LogP contribution < -0.4 is 15.5 Å². The molecule has 28 heavy (non-hydrogen) atoms. The van der Waals surface area contributed by atoms with Crippen LogP contribution in [0.25, 0.3) is 0 Å². The van der Waals surface area contributed by atoms with E-state index in [-0.39, 0.29) is 23.9 Å². The number of alkyl carbamates (subject to hydrolysis) is 1. The molecule has 1 aromatic rings. The Morgan fingerprint density at radius 1 is 1.07 bits per heavy atom. The van der Waals surface area contributed by atoms with Crippen molar-refractivity contribution in [2.24, 2.45) is 0 Å². The molecule has 0 unspecified atom stereocenters. The zero-order chi connectivity index (χ0) is 20.8. The molecule has 0 atom stereocenters. The van der Waals surface area contributed by atoms with Crippen molar-refractivity contribution in [1.82, 2.24) is 5.32 Å². The first-order valence-corrected chi connectivity index (χ1v) is 9.91. The highest BCUT2D eigenvalue weighted by molar-refractivity contribution is 6.62. The van der Waals surface area contributed by atoms with E-state index in [1.54, 1.807) is 0 Å². The summed E-state index contributed by atoms with van der Waals surface area (Å²) in [7, 11) is -0.386. The lowest BCUT2D eigenvalue weighted by molar-refractivity contribution is 0.00578. The Bertz CT molecular complexity index is 703. The van der Waals surface area contributed by atoms with Crippen LogP contribution in [-0.2, 0) is 14.0 Å². The molecule has 1 aromatic carbocycles. The second kappa shape index (κ2) is 6.96. The lowest BCUT2D eigenvalue weighted by atomic mass is 9.79. The highest BCUT2D eigenvalue weighted by Crippen LogP contribution is 2.37. The molecule has 2 aliphatic rings. The van der Waals surface area contributed by atoms with E-state index in [1.807, 2.05) is 72.7 Å². The number of rotatable bonds is 5. The minimum absolute atomic E-state index is 0.327. The highest BCUT2D eigenvalue weighted by Gasteiger charge is 2.51. The fourth-order valence-corrected chi connectivity index (χ4v) is 2.90. The van der Waals surface area contributed by atoms with E-state index in [2.05, 4.69) is 5.32 Å². The molecule has 1 saturated carbocycles. The van der Waals surface area contributed by atoms with Gasteiger partial charge in [-0.05, 0) is 78.9 Å². The van der Waals surface area contributed by atoms with Gasteiger partial charge in [0, 0.05) is 0 Å². The van der Waals surface area contributed by atoms with Crippen molar-refractivity contribution in [3.8, 4) is 5.75 Å². The number of amides is 1. The molecule has 0 radical (unpaired) electrons. The lowest BCUT2D eigenvalue weighted by Gasteiger charge is -2.32. The predicted molar refractivity (Wildman–Crippen MR) is 109 cm³/mol. The molecule has 154 valence electrons. The van der Waals surface area contributed by atoms with Crippen molar-refractivity contribution in [1.29, 1.82) is 0 Å². The van der Waals surface area contributed by atoms with Gasteiger partial charge in [-0.25, -0.2) is 4.79 Å². The Balaban J connectivity index is 1.54.